The van der Waals surface area contributed by atoms with Crippen LogP contribution < -0.4 is 10.6 Å². The average Bonchev–Trinajstić information content (AvgIpc) is 2.99. The van der Waals surface area contributed by atoms with Crippen molar-refractivity contribution in [3.05, 3.63) is 35.9 Å². The molecule has 0 radical (unpaired) electrons. The minimum absolute atomic E-state index is 0.0170. The Morgan fingerprint density at radius 1 is 1.21 bits per heavy atom. The van der Waals surface area contributed by atoms with Crippen molar-refractivity contribution >= 4 is 23.6 Å². The summed E-state index contributed by atoms with van der Waals surface area (Å²) in [4.78, 5) is 26.9. The van der Waals surface area contributed by atoms with Crippen molar-refractivity contribution in [3.63, 3.8) is 0 Å². The number of carbonyl (C=O) groups excluding carboxylic acids is 2. The van der Waals surface area contributed by atoms with Gasteiger partial charge in [-0.25, -0.2) is 0 Å². The van der Waals surface area contributed by atoms with E-state index in [1.807, 2.05) is 44.2 Å². The molecule has 156 valence electrons. The first-order chi connectivity index (χ1) is 13.4. The molecule has 28 heavy (non-hydrogen) atoms. The fourth-order valence-corrected chi connectivity index (χ4v) is 4.66. The predicted molar refractivity (Wildman–Crippen MR) is 114 cm³/mol. The van der Waals surface area contributed by atoms with Gasteiger partial charge in [0.25, 0.3) is 0 Å². The number of amides is 1. The van der Waals surface area contributed by atoms with Gasteiger partial charge in [0.2, 0.25) is 5.91 Å². The number of likely N-dealkylation sites (N-methyl/N-ethyl adjacent to an activating group) is 1. The predicted octanol–water partition coefficient (Wildman–Crippen LogP) is 2.04. The molecule has 2 atom stereocenters. The number of ether oxygens (including phenoxy) is 1. The molecule has 1 heterocycles. The Kier molecular flexibility index (Phi) is 8.79. The van der Waals surface area contributed by atoms with E-state index in [4.69, 9.17) is 4.74 Å². The van der Waals surface area contributed by atoms with Crippen molar-refractivity contribution in [1.82, 2.24) is 15.5 Å². The first-order valence-corrected chi connectivity index (χ1v) is 10.9. The number of esters is 1. The van der Waals surface area contributed by atoms with Crippen molar-refractivity contribution in [2.45, 2.75) is 50.3 Å². The second-order valence-electron chi connectivity index (χ2n) is 7.47. The van der Waals surface area contributed by atoms with Gasteiger partial charge in [-0.15, -0.1) is 11.8 Å². The average molecular weight is 408 g/mol. The van der Waals surface area contributed by atoms with E-state index in [9.17, 15) is 9.59 Å². The van der Waals surface area contributed by atoms with Gasteiger partial charge in [-0.05, 0) is 32.5 Å². The summed E-state index contributed by atoms with van der Waals surface area (Å²) in [5.41, 5.74) is 0.988. The van der Waals surface area contributed by atoms with Crippen LogP contribution >= 0.6 is 11.8 Å². The Morgan fingerprint density at radius 2 is 1.89 bits per heavy atom. The zero-order valence-electron chi connectivity index (χ0n) is 17.4. The number of hydrogen-bond donors (Lipinski definition) is 2. The van der Waals surface area contributed by atoms with Crippen LogP contribution in [0, 0.1) is 0 Å². The van der Waals surface area contributed by atoms with E-state index in [1.165, 1.54) is 0 Å². The molecule has 1 aliphatic rings. The maximum Gasteiger partial charge on any atom is 0.324 e. The van der Waals surface area contributed by atoms with Crippen LogP contribution in [0.1, 0.15) is 33.3 Å². The van der Waals surface area contributed by atoms with Crippen LogP contribution in [0.4, 0.5) is 0 Å². The third-order valence-electron chi connectivity index (χ3n) is 4.97. The van der Waals surface area contributed by atoms with E-state index in [0.717, 1.165) is 25.2 Å². The van der Waals surface area contributed by atoms with Crippen LogP contribution in [-0.2, 0) is 20.7 Å². The smallest absolute Gasteiger partial charge is 0.324 e. The number of thioether (sulfide) groups is 1. The summed E-state index contributed by atoms with van der Waals surface area (Å²) in [6.07, 6.45) is 0.360. The molecule has 1 aliphatic heterocycles. The van der Waals surface area contributed by atoms with Crippen molar-refractivity contribution in [2.75, 3.05) is 32.8 Å². The topological polar surface area (TPSA) is 70.7 Å². The van der Waals surface area contributed by atoms with E-state index >= 15 is 0 Å². The van der Waals surface area contributed by atoms with Gasteiger partial charge < -0.3 is 15.0 Å². The lowest BCUT2D eigenvalue weighted by Gasteiger charge is -2.24. The first-order valence-electron chi connectivity index (χ1n) is 9.99. The van der Waals surface area contributed by atoms with Crippen LogP contribution in [-0.4, -0.2) is 65.7 Å². The Morgan fingerprint density at radius 3 is 2.54 bits per heavy atom. The number of benzene rings is 1. The van der Waals surface area contributed by atoms with Gasteiger partial charge >= 0.3 is 5.97 Å². The summed E-state index contributed by atoms with van der Waals surface area (Å²) in [7, 11) is 0. The molecule has 1 aromatic carbocycles. The first kappa shape index (κ1) is 22.7. The van der Waals surface area contributed by atoms with E-state index in [1.54, 1.807) is 11.8 Å². The molecule has 1 fully saturated rings. The Hall–Kier alpha value is -1.57. The molecular weight excluding hydrogens is 374 g/mol. The van der Waals surface area contributed by atoms with Crippen molar-refractivity contribution in [1.29, 1.82) is 0 Å². The molecule has 1 saturated heterocycles. The molecule has 0 saturated carbocycles. The van der Waals surface area contributed by atoms with Crippen LogP contribution in [0.25, 0.3) is 0 Å². The van der Waals surface area contributed by atoms with Crippen LogP contribution in [0.2, 0.25) is 0 Å². The summed E-state index contributed by atoms with van der Waals surface area (Å²) in [5, 5.41) is 6.27. The van der Waals surface area contributed by atoms with Gasteiger partial charge in [-0.1, -0.05) is 44.2 Å². The molecule has 6 nitrogen and oxygen atoms in total. The van der Waals surface area contributed by atoms with Gasteiger partial charge in [0.05, 0.1) is 11.8 Å². The highest BCUT2D eigenvalue weighted by Crippen LogP contribution is 2.38. The van der Waals surface area contributed by atoms with Crippen molar-refractivity contribution in [2.24, 2.45) is 0 Å². The number of carbonyl (C=O) groups is 2. The molecule has 1 amide bonds. The Balaban J connectivity index is 1.77. The summed E-state index contributed by atoms with van der Waals surface area (Å²) < 4.78 is 5.21. The number of hydrogen-bond acceptors (Lipinski definition) is 6. The van der Waals surface area contributed by atoms with E-state index in [2.05, 4.69) is 29.4 Å². The Bertz CT molecular complexity index is 635. The monoisotopic (exact) mass is 407 g/mol. The van der Waals surface area contributed by atoms with Gasteiger partial charge in [-0.2, -0.15) is 0 Å². The van der Waals surface area contributed by atoms with Gasteiger partial charge in [-0.3, -0.25) is 14.9 Å². The lowest BCUT2D eigenvalue weighted by Crippen LogP contribution is -2.48. The second kappa shape index (κ2) is 10.8. The summed E-state index contributed by atoms with van der Waals surface area (Å²) in [5.74, 6) is -0.237. The van der Waals surface area contributed by atoms with Crippen molar-refractivity contribution in [3.8, 4) is 0 Å². The number of nitrogens with one attached hydrogen (secondary N) is 2. The largest absolute Gasteiger partial charge is 0.463 e. The molecule has 0 aromatic heterocycles. The minimum atomic E-state index is -0.384. The summed E-state index contributed by atoms with van der Waals surface area (Å²) in [6.45, 7) is 11.8. The normalized spacial score (nSPS) is 20.9. The molecule has 0 unspecified atom stereocenters. The molecule has 0 aliphatic carbocycles. The minimum Gasteiger partial charge on any atom is -0.463 e. The zero-order chi connectivity index (χ0) is 20.6. The SMILES string of the molecule is CCN(CC)CCOC(=O)[C@@H]1N[C@@H](CNC(=O)Cc2ccccc2)SC1(C)C. The van der Waals surface area contributed by atoms with Crippen LogP contribution in [0.3, 0.4) is 0 Å². The third-order valence-corrected chi connectivity index (χ3v) is 6.40. The van der Waals surface area contributed by atoms with Crippen LogP contribution in [0.5, 0.6) is 0 Å². The lowest BCUT2D eigenvalue weighted by atomic mass is 10.0. The quantitative estimate of drug-likeness (QED) is 0.579. The molecule has 0 bridgehead atoms. The number of rotatable bonds is 10. The fraction of sp³-hybridized carbons (Fsp3) is 0.619. The van der Waals surface area contributed by atoms with E-state index in [0.29, 0.717) is 19.6 Å². The molecule has 0 spiro atoms. The van der Waals surface area contributed by atoms with E-state index in [-0.39, 0.29) is 28.0 Å². The molecule has 2 rings (SSSR count). The van der Waals surface area contributed by atoms with Gasteiger partial charge in [0.15, 0.2) is 0 Å². The second-order valence-corrected chi connectivity index (χ2v) is 9.33. The zero-order valence-corrected chi connectivity index (χ0v) is 18.2. The lowest BCUT2D eigenvalue weighted by molar-refractivity contribution is -0.147. The highest BCUT2D eigenvalue weighted by molar-refractivity contribution is 8.01. The van der Waals surface area contributed by atoms with Crippen molar-refractivity contribution < 1.29 is 14.3 Å². The molecular formula is C21H33N3O3S. The molecule has 2 N–H and O–H groups in total. The maximum atomic E-state index is 12.5. The standard InChI is InChI=1S/C21H33N3O3S/c1-5-24(6-2)12-13-27-20(26)19-21(3,4)28-18(23-19)15-22-17(25)14-16-10-8-7-9-11-16/h7-11,18-19,23H,5-6,12-15H2,1-4H3,(H,22,25)/t18-,19+/m1/s1. The fourth-order valence-electron chi connectivity index (χ4n) is 3.26. The highest BCUT2D eigenvalue weighted by atomic mass is 32.2. The van der Waals surface area contributed by atoms with Crippen LogP contribution in [0.15, 0.2) is 30.3 Å². The third kappa shape index (κ3) is 6.79. The maximum absolute atomic E-state index is 12.5. The van der Waals surface area contributed by atoms with Gasteiger partial charge in [0, 0.05) is 17.8 Å². The summed E-state index contributed by atoms with van der Waals surface area (Å²) in [6, 6.07) is 9.28. The Labute approximate surface area is 172 Å². The molecule has 1 aromatic rings. The highest BCUT2D eigenvalue weighted by Gasteiger charge is 2.45. The van der Waals surface area contributed by atoms with Gasteiger partial charge in [0.1, 0.15) is 12.6 Å². The van der Waals surface area contributed by atoms with E-state index < -0.39 is 0 Å². The summed E-state index contributed by atoms with van der Waals surface area (Å²) >= 11 is 1.66. The number of nitrogens with zero attached hydrogens (tertiary/aromatic N) is 1. The molecule has 7 heteroatoms.